The molecule has 106 valence electrons. The summed E-state index contributed by atoms with van der Waals surface area (Å²) in [6, 6.07) is 8.93. The predicted molar refractivity (Wildman–Crippen MR) is 81.3 cm³/mol. The van der Waals surface area contributed by atoms with E-state index in [1.54, 1.807) is 18.2 Å². The number of hydrogen-bond acceptors (Lipinski definition) is 4. The van der Waals surface area contributed by atoms with Crippen LogP contribution in [0, 0.1) is 0 Å². The van der Waals surface area contributed by atoms with Gasteiger partial charge in [0.25, 0.3) is 0 Å². The van der Waals surface area contributed by atoms with Gasteiger partial charge in [0.1, 0.15) is 22.5 Å². The van der Waals surface area contributed by atoms with Gasteiger partial charge in [0.05, 0.1) is 0 Å². The van der Waals surface area contributed by atoms with E-state index in [0.29, 0.717) is 5.15 Å². The van der Waals surface area contributed by atoms with Crippen molar-refractivity contribution in [2.45, 2.75) is 26.2 Å². The number of aromatic hydroxyl groups is 1. The molecule has 1 aromatic heterocycles. The molecule has 2 rings (SSSR count). The van der Waals surface area contributed by atoms with Gasteiger partial charge in [-0.05, 0) is 30.5 Å². The minimum atomic E-state index is 0.286. The van der Waals surface area contributed by atoms with Crippen molar-refractivity contribution in [2.24, 2.45) is 0 Å². The standard InChI is InChI=1S/C15H18ClN3O/c1-2-3-14-18-13(16)10-15(19-14)17-9-8-11-4-6-12(20)7-5-11/h4-7,10,20H,2-3,8-9H2,1H3,(H,17,18,19). The van der Waals surface area contributed by atoms with Crippen LogP contribution in [0.4, 0.5) is 5.82 Å². The number of halogens is 1. The molecule has 0 aliphatic rings. The summed E-state index contributed by atoms with van der Waals surface area (Å²) in [4.78, 5) is 8.61. The Labute approximate surface area is 123 Å². The summed E-state index contributed by atoms with van der Waals surface area (Å²) in [6.07, 6.45) is 2.67. The van der Waals surface area contributed by atoms with Crippen LogP contribution in [0.1, 0.15) is 24.7 Å². The molecule has 0 unspecified atom stereocenters. The first kappa shape index (κ1) is 14.6. The average molecular weight is 292 g/mol. The summed E-state index contributed by atoms with van der Waals surface area (Å²) >= 11 is 5.98. The molecule has 0 aliphatic heterocycles. The van der Waals surface area contributed by atoms with Crippen LogP contribution in [0.15, 0.2) is 30.3 Å². The maximum absolute atomic E-state index is 9.22. The van der Waals surface area contributed by atoms with E-state index in [1.165, 1.54) is 0 Å². The van der Waals surface area contributed by atoms with Gasteiger partial charge in [-0.15, -0.1) is 0 Å². The molecule has 1 aromatic carbocycles. The second kappa shape index (κ2) is 7.10. The van der Waals surface area contributed by atoms with Gasteiger partial charge in [-0.3, -0.25) is 0 Å². The van der Waals surface area contributed by atoms with Gasteiger partial charge in [0.2, 0.25) is 0 Å². The number of aryl methyl sites for hydroxylation is 1. The van der Waals surface area contributed by atoms with Gasteiger partial charge in [0, 0.05) is 19.0 Å². The van der Waals surface area contributed by atoms with Crippen LogP contribution >= 0.6 is 11.6 Å². The van der Waals surface area contributed by atoms with E-state index in [0.717, 1.165) is 43.0 Å². The zero-order chi connectivity index (χ0) is 14.4. The Bertz CT molecular complexity index is 558. The molecule has 0 fully saturated rings. The summed E-state index contributed by atoms with van der Waals surface area (Å²) in [5.74, 6) is 1.81. The minimum Gasteiger partial charge on any atom is -0.508 e. The Morgan fingerprint density at radius 1 is 1.15 bits per heavy atom. The predicted octanol–water partition coefficient (Wildman–Crippen LogP) is 3.44. The van der Waals surface area contributed by atoms with Crippen LogP contribution in [0.5, 0.6) is 5.75 Å². The Hall–Kier alpha value is -1.81. The molecular weight excluding hydrogens is 274 g/mol. The maximum Gasteiger partial charge on any atom is 0.134 e. The smallest absolute Gasteiger partial charge is 0.134 e. The summed E-state index contributed by atoms with van der Waals surface area (Å²) in [5, 5.41) is 12.9. The molecule has 0 bridgehead atoms. The van der Waals surface area contributed by atoms with Crippen molar-refractivity contribution in [1.29, 1.82) is 0 Å². The Balaban J connectivity index is 1.91. The number of aromatic nitrogens is 2. The first-order chi connectivity index (χ1) is 9.67. The van der Waals surface area contributed by atoms with Gasteiger partial charge in [-0.2, -0.15) is 0 Å². The highest BCUT2D eigenvalue weighted by Crippen LogP contribution is 2.13. The third-order valence-electron chi connectivity index (χ3n) is 2.87. The lowest BCUT2D eigenvalue weighted by molar-refractivity contribution is 0.475. The van der Waals surface area contributed by atoms with Crippen LogP contribution in [-0.4, -0.2) is 21.6 Å². The van der Waals surface area contributed by atoms with Crippen molar-refractivity contribution in [3.05, 3.63) is 46.9 Å². The number of hydrogen-bond donors (Lipinski definition) is 2. The van der Waals surface area contributed by atoms with Crippen molar-refractivity contribution in [3.8, 4) is 5.75 Å². The van der Waals surface area contributed by atoms with E-state index in [1.807, 2.05) is 12.1 Å². The number of phenols is 1. The molecule has 5 heteroatoms. The SMILES string of the molecule is CCCc1nc(Cl)cc(NCCc2ccc(O)cc2)n1. The van der Waals surface area contributed by atoms with E-state index in [2.05, 4.69) is 22.2 Å². The van der Waals surface area contributed by atoms with Crippen molar-refractivity contribution in [3.63, 3.8) is 0 Å². The molecular formula is C15H18ClN3O. The fraction of sp³-hybridized carbons (Fsp3) is 0.333. The number of nitrogens with zero attached hydrogens (tertiary/aromatic N) is 2. The van der Waals surface area contributed by atoms with Crippen LogP contribution < -0.4 is 5.32 Å². The topological polar surface area (TPSA) is 58.0 Å². The number of phenolic OH excluding ortho intramolecular Hbond substituents is 1. The Morgan fingerprint density at radius 3 is 2.60 bits per heavy atom. The van der Waals surface area contributed by atoms with Crippen molar-refractivity contribution < 1.29 is 5.11 Å². The summed E-state index contributed by atoms with van der Waals surface area (Å²) in [5.41, 5.74) is 1.16. The number of nitrogens with one attached hydrogen (secondary N) is 1. The second-order valence-electron chi connectivity index (χ2n) is 4.59. The zero-order valence-electron chi connectivity index (χ0n) is 11.4. The molecule has 0 amide bonds. The Kier molecular flexibility index (Phi) is 5.18. The third kappa shape index (κ3) is 4.38. The van der Waals surface area contributed by atoms with E-state index < -0.39 is 0 Å². The summed E-state index contributed by atoms with van der Waals surface area (Å²) in [6.45, 7) is 2.84. The second-order valence-corrected chi connectivity index (χ2v) is 4.97. The van der Waals surface area contributed by atoms with Crippen LogP contribution in [0.25, 0.3) is 0 Å². The maximum atomic E-state index is 9.22. The van der Waals surface area contributed by atoms with Crippen LogP contribution in [0.2, 0.25) is 5.15 Å². The number of anilines is 1. The normalized spacial score (nSPS) is 10.5. The van der Waals surface area contributed by atoms with Gasteiger partial charge in [-0.1, -0.05) is 30.7 Å². The largest absolute Gasteiger partial charge is 0.508 e. The van der Waals surface area contributed by atoms with Crippen LogP contribution in [0.3, 0.4) is 0 Å². The average Bonchev–Trinajstić information content (AvgIpc) is 2.41. The van der Waals surface area contributed by atoms with Crippen LogP contribution in [-0.2, 0) is 12.8 Å². The fourth-order valence-corrected chi connectivity index (χ4v) is 2.09. The molecule has 0 saturated heterocycles. The van der Waals surface area contributed by atoms with Gasteiger partial charge < -0.3 is 10.4 Å². The monoisotopic (exact) mass is 291 g/mol. The number of rotatable bonds is 6. The fourth-order valence-electron chi connectivity index (χ4n) is 1.89. The molecule has 4 nitrogen and oxygen atoms in total. The van der Waals surface area contributed by atoms with Gasteiger partial charge in [0.15, 0.2) is 0 Å². The molecule has 0 atom stereocenters. The summed E-state index contributed by atoms with van der Waals surface area (Å²) < 4.78 is 0. The lowest BCUT2D eigenvalue weighted by Crippen LogP contribution is -2.08. The molecule has 2 aromatic rings. The molecule has 0 saturated carbocycles. The highest BCUT2D eigenvalue weighted by molar-refractivity contribution is 6.29. The van der Waals surface area contributed by atoms with E-state index in [-0.39, 0.29) is 5.75 Å². The first-order valence-corrected chi connectivity index (χ1v) is 7.10. The van der Waals surface area contributed by atoms with Crippen molar-refractivity contribution >= 4 is 17.4 Å². The molecule has 0 spiro atoms. The highest BCUT2D eigenvalue weighted by atomic mass is 35.5. The molecule has 1 heterocycles. The quantitative estimate of drug-likeness (QED) is 0.801. The molecule has 0 radical (unpaired) electrons. The Morgan fingerprint density at radius 2 is 1.90 bits per heavy atom. The minimum absolute atomic E-state index is 0.286. The van der Waals surface area contributed by atoms with Crippen molar-refractivity contribution in [2.75, 3.05) is 11.9 Å². The number of benzene rings is 1. The first-order valence-electron chi connectivity index (χ1n) is 6.72. The highest BCUT2D eigenvalue weighted by Gasteiger charge is 2.02. The molecule has 20 heavy (non-hydrogen) atoms. The third-order valence-corrected chi connectivity index (χ3v) is 3.06. The molecule has 0 aliphatic carbocycles. The lowest BCUT2D eigenvalue weighted by atomic mass is 10.1. The van der Waals surface area contributed by atoms with Gasteiger partial charge in [-0.25, -0.2) is 9.97 Å². The van der Waals surface area contributed by atoms with Crippen molar-refractivity contribution in [1.82, 2.24) is 9.97 Å². The molecule has 2 N–H and O–H groups in total. The zero-order valence-corrected chi connectivity index (χ0v) is 12.2. The van der Waals surface area contributed by atoms with E-state index >= 15 is 0 Å². The van der Waals surface area contributed by atoms with E-state index in [4.69, 9.17) is 11.6 Å². The van der Waals surface area contributed by atoms with E-state index in [9.17, 15) is 5.11 Å². The summed E-state index contributed by atoms with van der Waals surface area (Å²) in [7, 11) is 0. The van der Waals surface area contributed by atoms with Gasteiger partial charge >= 0.3 is 0 Å². The lowest BCUT2D eigenvalue weighted by Gasteiger charge is -2.08.